The summed E-state index contributed by atoms with van der Waals surface area (Å²) in [5, 5.41) is 0. The van der Waals surface area contributed by atoms with Crippen LogP contribution in [-0.4, -0.2) is 46.1 Å². The summed E-state index contributed by atoms with van der Waals surface area (Å²) in [7, 11) is 3.92. The first-order valence-electron chi connectivity index (χ1n) is 1.34. The zero-order valence-corrected chi connectivity index (χ0v) is 10.9. The van der Waals surface area contributed by atoms with Crippen LogP contribution in [0.2, 0.25) is 0 Å². The maximum Gasteiger partial charge on any atom is 0.0625 e. The highest BCUT2D eigenvalue weighted by molar-refractivity contribution is 6.41. The van der Waals surface area contributed by atoms with E-state index in [2.05, 4.69) is 3.90 Å². The van der Waals surface area contributed by atoms with Gasteiger partial charge in [0.05, 0.1) is 31.2 Å². The van der Waals surface area contributed by atoms with E-state index in [1.807, 2.05) is 0 Å². The summed E-state index contributed by atoms with van der Waals surface area (Å²) in [6, 6.07) is 0. The molecule has 0 bridgehead atoms. The lowest BCUT2D eigenvalue weighted by atomic mass is 13.8. The van der Waals surface area contributed by atoms with E-state index in [1.54, 1.807) is 0 Å². The lowest BCUT2D eigenvalue weighted by Crippen LogP contribution is -2.08. The van der Waals surface area contributed by atoms with Crippen LogP contribution >= 0.6 is 0 Å². The van der Waals surface area contributed by atoms with Crippen LogP contribution in [0.1, 0.15) is 0 Å². The van der Waals surface area contributed by atoms with Crippen molar-refractivity contribution in [3.63, 3.8) is 0 Å². The van der Waals surface area contributed by atoms with Crippen LogP contribution in [0.4, 0.5) is 0 Å². The van der Waals surface area contributed by atoms with Gasteiger partial charge < -0.3 is 3.90 Å². The minimum absolute atomic E-state index is 0. The fraction of sp³-hybridized carbons (Fsp3) is 0. The van der Waals surface area contributed by atoms with Gasteiger partial charge in [0.2, 0.25) is 0 Å². The van der Waals surface area contributed by atoms with Crippen molar-refractivity contribution in [1.29, 1.82) is 0 Å². The normalized spacial score (nSPS) is 9.00. The third-order valence-electron chi connectivity index (χ3n) is 0. The number of nitrogens with zero attached hydrogens (tertiary/aromatic N) is 1. The van der Waals surface area contributed by atoms with Gasteiger partial charge in [-0.15, -0.1) is 0 Å². The Balaban J connectivity index is 0. The van der Waals surface area contributed by atoms with Gasteiger partial charge in [-0.25, -0.2) is 0 Å². The Bertz CT molecular complexity index is 8.36. The lowest BCUT2D eigenvalue weighted by molar-refractivity contribution is 1.18. The predicted molar refractivity (Wildman–Crippen MR) is 37.4 cm³/mol. The van der Waals surface area contributed by atoms with E-state index in [0.717, 1.165) is 0 Å². The molecule has 0 aliphatic rings. The van der Waals surface area contributed by atoms with E-state index in [4.69, 9.17) is 0 Å². The van der Waals surface area contributed by atoms with E-state index in [-0.39, 0.29) is 11.0 Å². The summed E-state index contributed by atoms with van der Waals surface area (Å²) in [4.78, 5) is 0. The Morgan fingerprint density at radius 1 is 1.00 bits per heavy atom. The average Bonchev–Trinajstić information content (AvgIpc) is 0.811. The topological polar surface area (TPSA) is 3.24 Å². The quantitative estimate of drug-likeness (QED) is 0.304. The van der Waals surface area contributed by atoms with Crippen molar-refractivity contribution in [3.05, 3.63) is 0 Å². The lowest BCUT2D eigenvalue weighted by Gasteiger charge is -1.91. The van der Waals surface area contributed by atoms with Crippen molar-refractivity contribution < 1.29 is 0 Å². The molecule has 5 heteroatoms. The van der Waals surface area contributed by atoms with Crippen LogP contribution < -0.4 is 0 Å². The van der Waals surface area contributed by atoms with Gasteiger partial charge in [0.15, 0.2) is 0 Å². The number of hydrogen-bond donors (Lipinski definition) is 0. The van der Waals surface area contributed by atoms with Crippen molar-refractivity contribution in [1.82, 2.24) is 3.90 Å². The van der Waals surface area contributed by atoms with Gasteiger partial charge in [0, 0.05) is 11.0 Å². The molecule has 4 radical (unpaired) electrons. The van der Waals surface area contributed by atoms with E-state index in [0.29, 0.717) is 0 Å². The zero-order chi connectivity index (χ0) is 3.58. The summed E-state index contributed by atoms with van der Waals surface area (Å²) in [6.07, 6.45) is 0. The highest BCUT2D eigenvalue weighted by Gasteiger charge is 1.58. The van der Waals surface area contributed by atoms with Crippen molar-refractivity contribution in [2.24, 2.45) is 0 Å². The van der Waals surface area contributed by atoms with Crippen molar-refractivity contribution in [3.8, 4) is 0 Å². The zero-order valence-electron chi connectivity index (χ0n) is 3.95. The second-order valence-corrected chi connectivity index (χ2v) is 12.1. The van der Waals surface area contributed by atoms with Gasteiger partial charge in [-0.2, -0.15) is 0 Å². The first kappa shape index (κ1) is 9.27. The Morgan fingerprint density at radius 3 is 1.00 bits per heavy atom. The van der Waals surface area contributed by atoms with Crippen molar-refractivity contribution in [2.45, 2.75) is 0 Å². The van der Waals surface area contributed by atoms with Gasteiger partial charge in [0.1, 0.15) is 0 Å². The molecule has 0 aromatic heterocycles. The molecule has 0 spiro atoms. The highest BCUT2D eigenvalue weighted by atomic mass is 28.3. The molecule has 0 saturated carbocycles. The van der Waals surface area contributed by atoms with Gasteiger partial charge in [0.25, 0.3) is 0 Å². The molecule has 0 unspecified atom stereocenters. The minimum atomic E-state index is 0. The molecule has 0 aliphatic carbocycles. The monoisotopic (exact) mass is 135 g/mol. The molecular formula is H9NSi4. The summed E-state index contributed by atoms with van der Waals surface area (Å²) in [5.74, 6) is 0. The summed E-state index contributed by atoms with van der Waals surface area (Å²) in [6.45, 7) is 0. The molecule has 0 aromatic carbocycles. The first-order valence-corrected chi connectivity index (χ1v) is 4.02. The van der Waals surface area contributed by atoms with Crippen molar-refractivity contribution in [2.75, 3.05) is 0 Å². The Labute approximate surface area is 46.7 Å². The van der Waals surface area contributed by atoms with Crippen LogP contribution in [0.5, 0.6) is 0 Å². The smallest absolute Gasteiger partial charge is 0.0625 e. The molecule has 0 N–H and O–H groups in total. The highest BCUT2D eigenvalue weighted by Crippen LogP contribution is 1.38. The van der Waals surface area contributed by atoms with E-state index in [9.17, 15) is 0 Å². The predicted octanol–water partition coefficient (Wildman–Crippen LogP) is -4.25. The molecule has 0 fully saturated rings. The Kier molecular flexibility index (Phi) is 8.95. The van der Waals surface area contributed by atoms with Crippen LogP contribution in [0.25, 0.3) is 0 Å². The third kappa shape index (κ3) is 56.4. The fourth-order valence-electron chi connectivity index (χ4n) is 0. The molecule has 0 rings (SSSR count). The molecule has 0 atom stereocenters. The fourth-order valence-corrected chi connectivity index (χ4v) is 0. The molecule has 0 aromatic rings. The maximum atomic E-state index is 2.42. The van der Waals surface area contributed by atoms with Gasteiger partial charge in [-0.3, -0.25) is 0 Å². The minimum Gasteiger partial charge on any atom is -0.390 e. The van der Waals surface area contributed by atoms with Crippen LogP contribution in [0.3, 0.4) is 0 Å². The molecule has 5 heavy (non-hydrogen) atoms. The van der Waals surface area contributed by atoms with E-state index in [1.165, 1.54) is 31.2 Å². The Morgan fingerprint density at radius 2 is 1.00 bits per heavy atom. The standard InChI is InChI=1S/H9NSi3.Si/c2-1(3)4;/h2-4H3;. The molecule has 0 aliphatic heterocycles. The maximum absolute atomic E-state index is 2.42. The second-order valence-electron chi connectivity index (χ2n) is 1.34. The summed E-state index contributed by atoms with van der Waals surface area (Å²) in [5.41, 5.74) is 0. The van der Waals surface area contributed by atoms with Crippen LogP contribution in [0, 0.1) is 0 Å². The number of hydrogen-bond acceptors (Lipinski definition) is 1. The molecule has 0 saturated heterocycles. The molecule has 1 nitrogen and oxygen atoms in total. The first-order chi connectivity index (χ1) is 1.73. The molecule has 0 amide bonds. The van der Waals surface area contributed by atoms with Crippen LogP contribution in [-0.2, 0) is 0 Å². The largest absolute Gasteiger partial charge is 0.390 e. The van der Waals surface area contributed by atoms with Gasteiger partial charge >= 0.3 is 0 Å². The van der Waals surface area contributed by atoms with E-state index < -0.39 is 0 Å². The van der Waals surface area contributed by atoms with Crippen LogP contribution in [0.15, 0.2) is 0 Å². The van der Waals surface area contributed by atoms with Gasteiger partial charge in [-0.05, 0) is 0 Å². The van der Waals surface area contributed by atoms with E-state index >= 15 is 0 Å². The number of rotatable bonds is 0. The molecule has 0 heterocycles. The average molecular weight is 135 g/mol. The molecule has 30 valence electrons. The summed E-state index contributed by atoms with van der Waals surface area (Å²) >= 11 is 0. The van der Waals surface area contributed by atoms with Gasteiger partial charge in [-0.1, -0.05) is 0 Å². The Hall–Kier alpha value is 0.828. The second kappa shape index (κ2) is 4.83. The molecular weight excluding hydrogens is 126 g/mol. The van der Waals surface area contributed by atoms with Crippen molar-refractivity contribution >= 4 is 42.2 Å². The SMILES string of the molecule is [SiH3]N([SiH3])[SiH3].[Si]. The summed E-state index contributed by atoms with van der Waals surface area (Å²) < 4.78 is 2.42. The third-order valence-corrected chi connectivity index (χ3v) is 0.